The van der Waals surface area contributed by atoms with Crippen LogP contribution in [-0.2, 0) is 6.54 Å². The van der Waals surface area contributed by atoms with Gasteiger partial charge >= 0.3 is 0 Å². The fraction of sp³-hybridized carbons (Fsp3) is 0.138. The lowest BCUT2D eigenvalue weighted by Gasteiger charge is -2.14. The number of nitriles is 2. The number of methoxy groups -OCH3 is 1. The number of ether oxygens (including phenoxy) is 2. The molecule has 2 heterocycles. The average Bonchev–Trinajstić information content (AvgIpc) is 3.34. The highest BCUT2D eigenvalue weighted by Crippen LogP contribution is 2.34. The van der Waals surface area contributed by atoms with Crippen LogP contribution in [0.1, 0.15) is 27.8 Å². The van der Waals surface area contributed by atoms with Crippen molar-refractivity contribution in [3.63, 3.8) is 0 Å². The quantitative estimate of drug-likeness (QED) is 0.298. The van der Waals surface area contributed by atoms with Crippen LogP contribution in [0.15, 0.2) is 66.9 Å². The summed E-state index contributed by atoms with van der Waals surface area (Å²) in [5.74, 6) is 2.05. The fourth-order valence-corrected chi connectivity index (χ4v) is 4.11. The predicted molar refractivity (Wildman–Crippen MR) is 143 cm³/mol. The van der Waals surface area contributed by atoms with E-state index in [2.05, 4.69) is 27.5 Å². The molecular weight excluding hydrogens is 478 g/mol. The van der Waals surface area contributed by atoms with Gasteiger partial charge in [-0.25, -0.2) is 4.68 Å². The van der Waals surface area contributed by atoms with Crippen molar-refractivity contribution in [2.45, 2.75) is 20.4 Å². The van der Waals surface area contributed by atoms with Crippen LogP contribution in [-0.4, -0.2) is 26.9 Å². The van der Waals surface area contributed by atoms with E-state index in [1.54, 1.807) is 54.4 Å². The number of hydrogen-bond donors (Lipinski definition) is 1. The monoisotopic (exact) mass is 501 g/mol. The van der Waals surface area contributed by atoms with Gasteiger partial charge in [0, 0.05) is 5.69 Å². The Morgan fingerprint density at radius 1 is 0.895 bits per heavy atom. The van der Waals surface area contributed by atoms with Gasteiger partial charge in [-0.2, -0.15) is 25.6 Å². The first-order valence-corrected chi connectivity index (χ1v) is 11.8. The molecule has 3 aromatic carbocycles. The molecule has 2 aromatic heterocycles. The standard InChI is InChI=1S/C29H23N7O2/c1-18-12-22(15-31)13-19(2)26(18)38-28-25-16-32-36(17-21-6-10-24(37-3)11-7-21)27(25)34-29(35-28)33-23-8-4-20(14-30)5-9-23/h4-13,16H,17H2,1-3H3,(H,33,34,35). The second-order valence-corrected chi connectivity index (χ2v) is 8.71. The van der Waals surface area contributed by atoms with Gasteiger partial charge in [0.1, 0.15) is 16.9 Å². The van der Waals surface area contributed by atoms with Crippen LogP contribution in [0.5, 0.6) is 17.4 Å². The minimum Gasteiger partial charge on any atom is -0.497 e. The SMILES string of the molecule is COc1ccc(Cn2ncc3c(Oc4c(C)cc(C#N)cc4C)nc(Nc4ccc(C#N)cc4)nc32)cc1. The summed E-state index contributed by atoms with van der Waals surface area (Å²) in [5, 5.41) is 26.8. The average molecular weight is 502 g/mol. The molecule has 9 nitrogen and oxygen atoms in total. The Morgan fingerprint density at radius 2 is 1.58 bits per heavy atom. The minimum absolute atomic E-state index is 0.317. The Labute approximate surface area is 219 Å². The zero-order chi connectivity index (χ0) is 26.6. The topological polar surface area (TPSA) is 122 Å². The molecule has 0 unspecified atom stereocenters. The Balaban J connectivity index is 1.57. The molecule has 0 spiro atoms. The van der Waals surface area contributed by atoms with Gasteiger partial charge in [-0.3, -0.25) is 0 Å². The fourth-order valence-electron chi connectivity index (χ4n) is 4.11. The highest BCUT2D eigenvalue weighted by atomic mass is 16.5. The summed E-state index contributed by atoms with van der Waals surface area (Å²) in [6.07, 6.45) is 1.69. The first-order valence-electron chi connectivity index (χ1n) is 11.8. The van der Waals surface area contributed by atoms with Crippen molar-refractivity contribution in [1.29, 1.82) is 10.5 Å². The molecule has 0 atom stereocenters. The number of benzene rings is 3. The van der Waals surface area contributed by atoms with Crippen LogP contribution in [0.2, 0.25) is 0 Å². The molecule has 0 aliphatic rings. The number of fused-ring (bicyclic) bond motifs is 1. The second kappa shape index (κ2) is 10.3. The number of anilines is 2. The van der Waals surface area contributed by atoms with E-state index in [0.717, 1.165) is 28.1 Å². The van der Waals surface area contributed by atoms with Crippen LogP contribution in [0, 0.1) is 36.5 Å². The van der Waals surface area contributed by atoms with E-state index in [-0.39, 0.29) is 0 Å². The van der Waals surface area contributed by atoms with E-state index >= 15 is 0 Å². The summed E-state index contributed by atoms with van der Waals surface area (Å²) >= 11 is 0. The third-order valence-corrected chi connectivity index (χ3v) is 6.01. The lowest BCUT2D eigenvalue weighted by Crippen LogP contribution is -2.06. The zero-order valence-corrected chi connectivity index (χ0v) is 21.1. The third kappa shape index (κ3) is 4.95. The Kier molecular flexibility index (Phi) is 6.58. The van der Waals surface area contributed by atoms with Gasteiger partial charge in [0.15, 0.2) is 5.65 Å². The highest BCUT2D eigenvalue weighted by molar-refractivity contribution is 5.82. The summed E-state index contributed by atoms with van der Waals surface area (Å²) < 4.78 is 13.4. The number of aromatic nitrogens is 4. The molecule has 5 aromatic rings. The molecule has 9 heteroatoms. The van der Waals surface area contributed by atoms with Crippen molar-refractivity contribution >= 4 is 22.7 Å². The molecular formula is C29H23N7O2. The third-order valence-electron chi connectivity index (χ3n) is 6.01. The largest absolute Gasteiger partial charge is 0.497 e. The van der Waals surface area contributed by atoms with Crippen molar-refractivity contribution in [3.05, 3.63) is 94.7 Å². The Bertz CT molecular complexity index is 1690. The lowest BCUT2D eigenvalue weighted by atomic mass is 10.1. The molecule has 0 aliphatic carbocycles. The van der Waals surface area contributed by atoms with Gasteiger partial charge in [-0.1, -0.05) is 12.1 Å². The van der Waals surface area contributed by atoms with Gasteiger partial charge in [-0.05, 0) is 79.1 Å². The van der Waals surface area contributed by atoms with E-state index in [0.29, 0.717) is 46.3 Å². The van der Waals surface area contributed by atoms with E-state index < -0.39 is 0 Å². The maximum Gasteiger partial charge on any atom is 0.235 e. The molecule has 5 rings (SSSR count). The van der Waals surface area contributed by atoms with Crippen molar-refractivity contribution in [2.24, 2.45) is 0 Å². The molecule has 0 saturated heterocycles. The smallest absolute Gasteiger partial charge is 0.235 e. The molecule has 0 saturated carbocycles. The molecule has 0 radical (unpaired) electrons. The normalized spacial score (nSPS) is 10.6. The van der Waals surface area contributed by atoms with Crippen LogP contribution >= 0.6 is 0 Å². The number of nitrogens with one attached hydrogen (secondary N) is 1. The van der Waals surface area contributed by atoms with E-state index in [1.807, 2.05) is 38.1 Å². The van der Waals surface area contributed by atoms with Crippen LogP contribution in [0.25, 0.3) is 11.0 Å². The summed E-state index contributed by atoms with van der Waals surface area (Å²) in [6.45, 7) is 4.27. The van der Waals surface area contributed by atoms with E-state index in [4.69, 9.17) is 19.7 Å². The van der Waals surface area contributed by atoms with Gasteiger partial charge in [0.05, 0.1) is 43.1 Å². The van der Waals surface area contributed by atoms with Crippen LogP contribution in [0.3, 0.4) is 0 Å². The van der Waals surface area contributed by atoms with E-state index in [9.17, 15) is 5.26 Å². The maximum absolute atomic E-state index is 9.32. The number of hydrogen-bond acceptors (Lipinski definition) is 8. The van der Waals surface area contributed by atoms with Gasteiger partial charge < -0.3 is 14.8 Å². The maximum atomic E-state index is 9.32. The lowest BCUT2D eigenvalue weighted by molar-refractivity contribution is 0.414. The van der Waals surface area contributed by atoms with Crippen LogP contribution < -0.4 is 14.8 Å². The Hall–Kier alpha value is -5.41. The highest BCUT2D eigenvalue weighted by Gasteiger charge is 2.18. The molecule has 0 aliphatic heterocycles. The Morgan fingerprint density at radius 3 is 2.21 bits per heavy atom. The molecule has 0 amide bonds. The molecule has 0 bridgehead atoms. The van der Waals surface area contributed by atoms with Crippen LogP contribution in [0.4, 0.5) is 11.6 Å². The summed E-state index contributed by atoms with van der Waals surface area (Å²) in [7, 11) is 1.63. The van der Waals surface area contributed by atoms with Crippen molar-refractivity contribution in [3.8, 4) is 29.5 Å². The number of nitrogens with zero attached hydrogens (tertiary/aromatic N) is 6. The number of rotatable bonds is 7. The molecule has 38 heavy (non-hydrogen) atoms. The molecule has 1 N–H and O–H groups in total. The van der Waals surface area contributed by atoms with Crippen molar-refractivity contribution < 1.29 is 9.47 Å². The van der Waals surface area contributed by atoms with Crippen molar-refractivity contribution in [2.75, 3.05) is 12.4 Å². The zero-order valence-electron chi connectivity index (χ0n) is 21.1. The first-order chi connectivity index (χ1) is 18.5. The van der Waals surface area contributed by atoms with Gasteiger partial charge in [0.2, 0.25) is 11.8 Å². The number of aryl methyl sites for hydroxylation is 2. The summed E-state index contributed by atoms with van der Waals surface area (Å²) in [6, 6.07) is 22.6. The van der Waals surface area contributed by atoms with Gasteiger partial charge in [-0.15, -0.1) is 0 Å². The predicted octanol–water partition coefficient (Wildman–Crippen LogP) is 5.78. The van der Waals surface area contributed by atoms with Gasteiger partial charge in [0.25, 0.3) is 0 Å². The summed E-state index contributed by atoms with van der Waals surface area (Å²) in [4.78, 5) is 9.40. The summed E-state index contributed by atoms with van der Waals surface area (Å²) in [5.41, 5.74) is 5.10. The minimum atomic E-state index is 0.317. The second-order valence-electron chi connectivity index (χ2n) is 8.71. The molecule has 186 valence electrons. The molecule has 0 fully saturated rings. The first kappa shape index (κ1) is 24.3. The van der Waals surface area contributed by atoms with Crippen molar-refractivity contribution in [1.82, 2.24) is 19.7 Å². The van der Waals surface area contributed by atoms with E-state index in [1.165, 1.54) is 0 Å².